The topological polar surface area (TPSA) is 271 Å². The van der Waals surface area contributed by atoms with Crippen LogP contribution in [0, 0.1) is 0 Å². The van der Waals surface area contributed by atoms with Crippen LogP contribution in [0.4, 0.5) is 0 Å². The fourth-order valence-corrected chi connectivity index (χ4v) is 0. The standard InChI is InChI=1S/C2H4O2.Al.3H3O4P.3H/c1-2(3)4;;3*1-5(2,3)4;;;/h1H3,(H,3,4);;3*(H3,1,2,3,4);;;. The second kappa shape index (κ2) is 14.3. The summed E-state index contributed by atoms with van der Waals surface area (Å²) in [4.78, 5) is 73.7. The highest BCUT2D eigenvalue weighted by Crippen LogP contribution is 2.26. The normalized spacial score (nSPS) is 10.1. The molecule has 0 amide bonds. The van der Waals surface area contributed by atoms with E-state index in [2.05, 4.69) is 0 Å². The van der Waals surface area contributed by atoms with Gasteiger partial charge >= 0.3 is 23.5 Å². The van der Waals surface area contributed by atoms with E-state index in [0.29, 0.717) is 0 Å². The Bertz CT molecular complexity index is 282. The Morgan fingerprint density at radius 1 is 0.650 bits per heavy atom. The van der Waals surface area contributed by atoms with Crippen molar-refractivity contribution in [3.8, 4) is 0 Å². The summed E-state index contributed by atoms with van der Waals surface area (Å²) in [6, 6.07) is 0. The molecule has 0 aromatic rings. The highest BCUT2D eigenvalue weighted by Gasteiger charge is 2.01. The Balaban J connectivity index is -0.0000000494. The van der Waals surface area contributed by atoms with Crippen LogP contribution < -0.4 is 0 Å². The van der Waals surface area contributed by atoms with Gasteiger partial charge in [0, 0.05) is 6.92 Å². The third-order valence-electron chi connectivity index (χ3n) is 0. The van der Waals surface area contributed by atoms with Gasteiger partial charge in [0.05, 0.1) is 0 Å². The van der Waals surface area contributed by atoms with E-state index in [4.69, 9.17) is 67.6 Å². The molecule has 0 aromatic heterocycles. The van der Waals surface area contributed by atoms with Crippen LogP contribution in [-0.2, 0) is 18.5 Å². The van der Waals surface area contributed by atoms with Gasteiger partial charge in [0.1, 0.15) is 0 Å². The number of phosphoric acid groups is 3. The first kappa shape index (κ1) is 32.3. The lowest BCUT2D eigenvalue weighted by Gasteiger charge is -1.82. The first-order valence-electron chi connectivity index (χ1n) is 3.28. The van der Waals surface area contributed by atoms with Crippen molar-refractivity contribution in [1.82, 2.24) is 0 Å². The van der Waals surface area contributed by atoms with Crippen molar-refractivity contribution in [2.45, 2.75) is 6.92 Å². The molecule has 0 heterocycles. The highest BCUT2D eigenvalue weighted by atomic mass is 31.2. The fourth-order valence-electron chi connectivity index (χ4n) is 0. The molecule has 18 heteroatoms. The zero-order chi connectivity index (χ0) is 17.1. The molecule has 10 N–H and O–H groups in total. The summed E-state index contributed by atoms with van der Waals surface area (Å²) in [5, 5.41) is 7.42. The molecular weight excluding hydrogens is 368 g/mol. The molecule has 0 fully saturated rings. The Morgan fingerprint density at radius 2 is 0.650 bits per heavy atom. The molecule has 0 radical (unpaired) electrons. The maximum Gasteiger partial charge on any atom is 0.466 e. The Kier molecular flexibility index (Phi) is 23.1. The van der Waals surface area contributed by atoms with E-state index in [1.165, 1.54) is 0 Å². The molecule has 0 saturated carbocycles. The summed E-state index contributed by atoms with van der Waals surface area (Å²) in [6.45, 7) is 1.08. The van der Waals surface area contributed by atoms with Crippen LogP contribution >= 0.6 is 23.5 Å². The van der Waals surface area contributed by atoms with Crippen LogP contribution in [0.3, 0.4) is 0 Å². The molecule has 0 bridgehead atoms. The molecule has 0 spiro atoms. The van der Waals surface area contributed by atoms with Gasteiger partial charge in [-0.25, -0.2) is 13.7 Å². The molecular formula is C2H16AlO14P3. The van der Waals surface area contributed by atoms with E-state index in [1.54, 1.807) is 0 Å². The van der Waals surface area contributed by atoms with Crippen molar-refractivity contribution >= 4 is 46.8 Å². The van der Waals surface area contributed by atoms with Crippen molar-refractivity contribution in [3.05, 3.63) is 0 Å². The Morgan fingerprint density at radius 3 is 0.650 bits per heavy atom. The highest BCUT2D eigenvalue weighted by molar-refractivity contribution is 7.45. The average molecular weight is 384 g/mol. The Hall–Kier alpha value is 0.332. The van der Waals surface area contributed by atoms with Gasteiger partial charge in [0.2, 0.25) is 0 Å². The number of rotatable bonds is 0. The first-order valence-corrected chi connectivity index (χ1v) is 7.97. The van der Waals surface area contributed by atoms with Gasteiger partial charge in [-0.3, -0.25) is 4.79 Å². The molecule has 0 saturated heterocycles. The molecule has 0 rings (SSSR count). The smallest absolute Gasteiger partial charge is 0.466 e. The summed E-state index contributed by atoms with van der Waals surface area (Å²) in [7, 11) is -13.9. The maximum atomic E-state index is 9.00. The third-order valence-corrected chi connectivity index (χ3v) is 0. The van der Waals surface area contributed by atoms with Crippen molar-refractivity contribution in [2.75, 3.05) is 0 Å². The van der Waals surface area contributed by atoms with Gasteiger partial charge in [-0.05, 0) is 0 Å². The number of carboxylic acids is 1. The molecule has 0 aliphatic carbocycles. The van der Waals surface area contributed by atoms with Crippen LogP contribution in [0.25, 0.3) is 0 Å². The second-order valence-electron chi connectivity index (χ2n) is 2.06. The van der Waals surface area contributed by atoms with Crippen LogP contribution in [0.2, 0.25) is 0 Å². The molecule has 20 heavy (non-hydrogen) atoms. The van der Waals surface area contributed by atoms with Crippen LogP contribution in [0.15, 0.2) is 0 Å². The van der Waals surface area contributed by atoms with Crippen LogP contribution in [0.1, 0.15) is 6.92 Å². The van der Waals surface area contributed by atoms with Gasteiger partial charge in [-0.2, -0.15) is 0 Å². The molecule has 0 aliphatic heterocycles. The lowest BCUT2D eigenvalue weighted by atomic mass is 10.9. The minimum absolute atomic E-state index is 0. The summed E-state index contributed by atoms with van der Waals surface area (Å²) < 4.78 is 26.6. The van der Waals surface area contributed by atoms with Gasteiger partial charge in [0.15, 0.2) is 17.4 Å². The molecule has 0 unspecified atom stereocenters. The van der Waals surface area contributed by atoms with Crippen molar-refractivity contribution in [1.29, 1.82) is 0 Å². The van der Waals surface area contributed by atoms with Gasteiger partial charge in [0.25, 0.3) is 5.97 Å². The van der Waals surface area contributed by atoms with Crippen LogP contribution in [-0.4, -0.2) is 72.5 Å². The number of aliphatic carboxylic acids is 1. The fraction of sp³-hybridized carbons (Fsp3) is 0.500. The summed E-state index contributed by atoms with van der Waals surface area (Å²) >= 11 is 0. The monoisotopic (exact) mass is 384 g/mol. The molecule has 0 atom stereocenters. The minimum atomic E-state index is -4.64. The second-order valence-corrected chi connectivity index (χ2v) is 5.14. The number of hydrogen-bond acceptors (Lipinski definition) is 4. The van der Waals surface area contributed by atoms with Crippen molar-refractivity contribution < 1.29 is 67.6 Å². The first-order chi connectivity index (χ1) is 7.73. The van der Waals surface area contributed by atoms with Gasteiger partial charge in [-0.1, -0.05) is 0 Å². The van der Waals surface area contributed by atoms with Crippen LogP contribution in [0.5, 0.6) is 0 Å². The molecule has 0 aliphatic rings. The average Bonchev–Trinajstić information content (AvgIpc) is 1.66. The van der Waals surface area contributed by atoms with E-state index in [0.717, 1.165) is 6.92 Å². The summed E-state index contributed by atoms with van der Waals surface area (Å²) in [5.41, 5.74) is 0. The van der Waals surface area contributed by atoms with E-state index in [1.807, 2.05) is 0 Å². The zero-order valence-electron chi connectivity index (χ0n) is 8.95. The Labute approximate surface area is 122 Å². The zero-order valence-corrected chi connectivity index (χ0v) is 11.6. The van der Waals surface area contributed by atoms with E-state index in [9.17, 15) is 0 Å². The number of hydrogen-bond donors (Lipinski definition) is 10. The maximum absolute atomic E-state index is 9.00. The number of carboxylic acid groups (broad SMARTS) is 1. The lowest BCUT2D eigenvalue weighted by molar-refractivity contribution is -0.134. The molecule has 14 nitrogen and oxygen atoms in total. The molecule has 126 valence electrons. The predicted octanol–water partition coefficient (Wildman–Crippen LogP) is -3.88. The van der Waals surface area contributed by atoms with E-state index < -0.39 is 29.4 Å². The predicted molar refractivity (Wildman–Crippen MR) is 66.0 cm³/mol. The lowest BCUT2D eigenvalue weighted by Crippen LogP contribution is -1.78. The summed E-state index contributed by atoms with van der Waals surface area (Å²) in [5.74, 6) is -0.833. The minimum Gasteiger partial charge on any atom is -0.481 e. The van der Waals surface area contributed by atoms with E-state index >= 15 is 0 Å². The van der Waals surface area contributed by atoms with Crippen molar-refractivity contribution in [2.24, 2.45) is 0 Å². The third kappa shape index (κ3) is 49800. The van der Waals surface area contributed by atoms with Gasteiger partial charge < -0.3 is 49.1 Å². The van der Waals surface area contributed by atoms with E-state index in [-0.39, 0.29) is 17.4 Å². The summed E-state index contributed by atoms with van der Waals surface area (Å²) in [6.07, 6.45) is 0. The molecule has 0 aromatic carbocycles. The van der Waals surface area contributed by atoms with Gasteiger partial charge in [-0.15, -0.1) is 0 Å². The van der Waals surface area contributed by atoms with Crippen molar-refractivity contribution in [3.63, 3.8) is 0 Å². The SMILES string of the molecule is CC(=O)O.O=P(O)(O)O.O=P(O)(O)O.O=P(O)(O)O.[AlH3]. The largest absolute Gasteiger partial charge is 0.481 e. The number of carbonyl (C=O) groups is 1. The quantitative estimate of drug-likeness (QED) is 0.141.